The van der Waals surface area contributed by atoms with Crippen LogP contribution in [0.5, 0.6) is 0 Å². The number of nitrogens with two attached hydrogens (primary N) is 1. The zero-order valence-electron chi connectivity index (χ0n) is 23.6. The predicted octanol–water partition coefficient (Wildman–Crippen LogP) is 0.158. The van der Waals surface area contributed by atoms with E-state index in [1.54, 1.807) is 18.5 Å². The molecule has 2 heterocycles. The minimum atomic E-state index is -1.41. The lowest BCUT2D eigenvalue weighted by atomic mass is 10.0. The molecule has 0 bridgehead atoms. The molecule has 3 amide bonds. The summed E-state index contributed by atoms with van der Waals surface area (Å²) in [5, 5.41) is 37.4. The number of aliphatic hydroxyl groups excluding tert-OH is 1. The number of nitrogens with one attached hydrogen (secondary N) is 5. The van der Waals surface area contributed by atoms with Gasteiger partial charge in [-0.2, -0.15) is 0 Å². The van der Waals surface area contributed by atoms with Gasteiger partial charge in [0.2, 0.25) is 17.7 Å². The molecule has 0 aliphatic carbocycles. The SMILES string of the molecule is NC(CO)C(=O)NC(CCC(=O)O)C(=O)NC(Cc1c[nH]c2ccccc12)C(=O)NC(Cc1c[nH]c2ccccc12)C(=O)O. The van der Waals surface area contributed by atoms with Crippen LogP contribution in [0.15, 0.2) is 60.9 Å². The molecule has 0 aliphatic rings. The Morgan fingerprint density at radius 2 is 1.18 bits per heavy atom. The fourth-order valence-corrected chi connectivity index (χ4v) is 4.89. The number of carboxylic acid groups (broad SMARTS) is 2. The van der Waals surface area contributed by atoms with E-state index >= 15 is 0 Å². The molecule has 4 aromatic rings. The molecule has 44 heavy (non-hydrogen) atoms. The van der Waals surface area contributed by atoms with E-state index in [0.29, 0.717) is 11.1 Å². The summed E-state index contributed by atoms with van der Waals surface area (Å²) in [4.78, 5) is 69.1. The van der Waals surface area contributed by atoms with Gasteiger partial charge in [-0.1, -0.05) is 36.4 Å². The number of aliphatic carboxylic acids is 2. The summed E-state index contributed by atoms with van der Waals surface area (Å²) in [6.07, 6.45) is 2.42. The topological polar surface area (TPSA) is 240 Å². The maximum atomic E-state index is 13.7. The van der Waals surface area contributed by atoms with Crippen molar-refractivity contribution in [2.75, 3.05) is 6.61 Å². The van der Waals surface area contributed by atoms with Gasteiger partial charge in [0.05, 0.1) is 6.61 Å². The molecular weight excluding hydrogens is 572 g/mol. The maximum Gasteiger partial charge on any atom is 0.326 e. The Kier molecular flexibility index (Phi) is 10.3. The first kappa shape index (κ1) is 31.7. The number of carbonyl (C=O) groups excluding carboxylic acids is 3. The second-order valence-corrected chi connectivity index (χ2v) is 10.4. The minimum absolute atomic E-state index is 0.0464. The van der Waals surface area contributed by atoms with Gasteiger partial charge in [-0.05, 0) is 29.7 Å². The quantitative estimate of drug-likeness (QED) is 0.0894. The number of para-hydroxylation sites is 2. The van der Waals surface area contributed by atoms with Crippen molar-refractivity contribution in [3.63, 3.8) is 0 Å². The summed E-state index contributed by atoms with van der Waals surface area (Å²) in [5.74, 6) is -5.08. The fourth-order valence-electron chi connectivity index (χ4n) is 4.89. The van der Waals surface area contributed by atoms with Gasteiger partial charge in [0, 0.05) is 53.5 Å². The Labute approximate surface area is 251 Å². The number of hydrogen-bond donors (Lipinski definition) is 9. The van der Waals surface area contributed by atoms with Gasteiger partial charge in [-0.15, -0.1) is 0 Å². The lowest BCUT2D eigenvalue weighted by Crippen LogP contribution is -2.58. The number of rotatable bonds is 15. The highest BCUT2D eigenvalue weighted by Gasteiger charge is 2.31. The van der Waals surface area contributed by atoms with Crippen LogP contribution >= 0.6 is 0 Å². The van der Waals surface area contributed by atoms with Crippen molar-refractivity contribution in [2.24, 2.45) is 5.73 Å². The monoisotopic (exact) mass is 606 g/mol. The molecule has 0 radical (unpaired) electrons. The number of aromatic amines is 2. The van der Waals surface area contributed by atoms with E-state index in [2.05, 4.69) is 25.9 Å². The Balaban J connectivity index is 1.59. The first-order chi connectivity index (χ1) is 21.1. The number of H-pyrrole nitrogens is 2. The molecular formula is C30H34N6O8. The number of hydrogen-bond acceptors (Lipinski definition) is 7. The van der Waals surface area contributed by atoms with Crippen LogP contribution in [-0.2, 0) is 36.8 Å². The molecule has 14 nitrogen and oxygen atoms in total. The van der Waals surface area contributed by atoms with Crippen molar-refractivity contribution in [3.05, 3.63) is 72.1 Å². The highest BCUT2D eigenvalue weighted by atomic mass is 16.4. The first-order valence-electron chi connectivity index (χ1n) is 13.9. The van der Waals surface area contributed by atoms with E-state index in [1.807, 2.05) is 42.5 Å². The van der Waals surface area contributed by atoms with Crippen LogP contribution in [0.2, 0.25) is 0 Å². The first-order valence-corrected chi connectivity index (χ1v) is 13.9. The molecule has 4 rings (SSSR count). The van der Waals surface area contributed by atoms with Crippen LogP contribution in [0.25, 0.3) is 21.8 Å². The summed E-state index contributed by atoms with van der Waals surface area (Å²) in [7, 11) is 0. The minimum Gasteiger partial charge on any atom is -0.481 e. The van der Waals surface area contributed by atoms with Crippen LogP contribution in [0.1, 0.15) is 24.0 Å². The number of fused-ring (bicyclic) bond motifs is 2. The van der Waals surface area contributed by atoms with Crippen molar-refractivity contribution in [3.8, 4) is 0 Å². The average Bonchev–Trinajstić information content (AvgIpc) is 3.61. The Morgan fingerprint density at radius 3 is 1.70 bits per heavy atom. The Morgan fingerprint density at radius 1 is 0.705 bits per heavy atom. The molecule has 0 spiro atoms. The maximum absolute atomic E-state index is 13.7. The van der Waals surface area contributed by atoms with Gasteiger partial charge in [-0.25, -0.2) is 4.79 Å². The highest BCUT2D eigenvalue weighted by molar-refractivity contribution is 5.95. The van der Waals surface area contributed by atoms with Gasteiger partial charge in [0.1, 0.15) is 24.2 Å². The van der Waals surface area contributed by atoms with Crippen molar-refractivity contribution < 1.29 is 39.3 Å². The molecule has 2 aromatic heterocycles. The molecule has 10 N–H and O–H groups in total. The van der Waals surface area contributed by atoms with Gasteiger partial charge >= 0.3 is 11.9 Å². The molecule has 4 unspecified atom stereocenters. The number of amides is 3. The summed E-state index contributed by atoms with van der Waals surface area (Å²) < 4.78 is 0. The van der Waals surface area contributed by atoms with Crippen LogP contribution in [0, 0.1) is 0 Å². The zero-order valence-corrected chi connectivity index (χ0v) is 23.6. The van der Waals surface area contributed by atoms with Crippen LogP contribution in [0.3, 0.4) is 0 Å². The van der Waals surface area contributed by atoms with Crippen LogP contribution in [-0.4, -0.2) is 85.7 Å². The second kappa shape index (κ2) is 14.3. The van der Waals surface area contributed by atoms with Crippen LogP contribution < -0.4 is 21.7 Å². The highest BCUT2D eigenvalue weighted by Crippen LogP contribution is 2.21. The third-order valence-corrected chi connectivity index (χ3v) is 7.26. The lowest BCUT2D eigenvalue weighted by molar-refractivity contribution is -0.142. The lowest BCUT2D eigenvalue weighted by Gasteiger charge is -2.25. The molecule has 14 heteroatoms. The zero-order chi connectivity index (χ0) is 31.8. The number of carboxylic acids is 2. The predicted molar refractivity (Wildman–Crippen MR) is 159 cm³/mol. The van der Waals surface area contributed by atoms with E-state index < -0.39 is 66.9 Å². The van der Waals surface area contributed by atoms with E-state index in [0.717, 1.165) is 21.8 Å². The molecule has 232 valence electrons. The molecule has 2 aromatic carbocycles. The number of benzene rings is 2. The van der Waals surface area contributed by atoms with Crippen LogP contribution in [0.4, 0.5) is 0 Å². The fraction of sp³-hybridized carbons (Fsp3) is 0.300. The number of carbonyl (C=O) groups is 5. The molecule has 0 saturated carbocycles. The third-order valence-electron chi connectivity index (χ3n) is 7.26. The smallest absolute Gasteiger partial charge is 0.326 e. The van der Waals surface area contributed by atoms with Gasteiger partial charge in [0.15, 0.2) is 0 Å². The number of aliphatic hydroxyl groups is 1. The Hall–Kier alpha value is -5.21. The van der Waals surface area contributed by atoms with Crippen molar-refractivity contribution in [1.82, 2.24) is 25.9 Å². The van der Waals surface area contributed by atoms with Crippen molar-refractivity contribution >= 4 is 51.5 Å². The standard InChI is InChI=1S/C30H34N6O8/c31-20(15-37)27(40)34-23(9-10-26(38)39)28(41)35-24(11-16-13-32-21-7-3-1-5-18(16)21)29(42)36-25(30(43)44)12-17-14-33-22-8-4-2-6-19(17)22/h1-8,13-14,20,23-25,32-33,37H,9-12,15,31H2,(H,34,40)(H,35,41)(H,36,42)(H,38,39)(H,43,44). The number of aromatic nitrogens is 2. The summed E-state index contributed by atoms with van der Waals surface area (Å²) in [6, 6.07) is 9.16. The molecule has 0 fully saturated rings. The van der Waals surface area contributed by atoms with Gasteiger partial charge in [-0.3, -0.25) is 19.2 Å². The summed E-state index contributed by atoms with van der Waals surface area (Å²) in [5.41, 5.74) is 8.45. The van der Waals surface area contributed by atoms with Crippen molar-refractivity contribution in [1.29, 1.82) is 0 Å². The second-order valence-electron chi connectivity index (χ2n) is 10.4. The normalized spacial score (nSPS) is 14.0. The average molecular weight is 607 g/mol. The van der Waals surface area contributed by atoms with Gasteiger partial charge < -0.3 is 47.0 Å². The molecule has 4 atom stereocenters. The van der Waals surface area contributed by atoms with E-state index in [4.69, 9.17) is 10.8 Å². The summed E-state index contributed by atoms with van der Waals surface area (Å²) >= 11 is 0. The van der Waals surface area contributed by atoms with E-state index in [-0.39, 0.29) is 19.3 Å². The van der Waals surface area contributed by atoms with Crippen molar-refractivity contribution in [2.45, 2.75) is 49.9 Å². The molecule has 0 aliphatic heterocycles. The van der Waals surface area contributed by atoms with E-state index in [9.17, 15) is 34.2 Å². The third kappa shape index (κ3) is 7.79. The van der Waals surface area contributed by atoms with E-state index in [1.165, 1.54) is 0 Å². The Bertz CT molecular complexity index is 1660. The largest absolute Gasteiger partial charge is 0.481 e. The summed E-state index contributed by atoms with van der Waals surface area (Å²) in [6.45, 7) is -0.711. The van der Waals surface area contributed by atoms with Gasteiger partial charge in [0.25, 0.3) is 0 Å². The molecule has 0 saturated heterocycles.